The monoisotopic (exact) mass is 597 g/mol. The van der Waals surface area contributed by atoms with Crippen molar-refractivity contribution in [2.75, 3.05) is 24.2 Å². The number of benzene rings is 2. The molecular weight excluding hydrogens is 568 g/mol. The van der Waals surface area contributed by atoms with Crippen molar-refractivity contribution in [1.82, 2.24) is 9.88 Å². The zero-order chi connectivity index (χ0) is 28.9. The van der Waals surface area contributed by atoms with Gasteiger partial charge in [-0.15, -0.1) is 23.1 Å². The van der Waals surface area contributed by atoms with Crippen molar-refractivity contribution in [1.29, 1.82) is 0 Å². The van der Waals surface area contributed by atoms with Crippen LogP contribution in [0.25, 0.3) is 10.9 Å². The van der Waals surface area contributed by atoms with Crippen LogP contribution in [-0.4, -0.2) is 41.3 Å². The lowest BCUT2D eigenvalue weighted by Crippen LogP contribution is -2.28. The molecule has 0 aliphatic heterocycles. The fourth-order valence-corrected chi connectivity index (χ4v) is 7.17. The number of carbonyl (C=O) groups is 3. The van der Waals surface area contributed by atoms with Gasteiger partial charge < -0.3 is 19.9 Å². The maximum Gasteiger partial charge on any atom is 0.341 e. The molecule has 214 valence electrons. The molecular formula is C30H29F2N3O4S2. The quantitative estimate of drug-likeness (QED) is 0.168. The number of nitrogens with one attached hydrogen (secondary N) is 2. The van der Waals surface area contributed by atoms with E-state index in [4.69, 9.17) is 4.74 Å². The molecule has 0 spiro atoms. The Hall–Kier alpha value is -3.70. The SMILES string of the molecule is CCOC(=O)c1c(NC(=O)CSc2cn(CCNC(=O)c3c(F)cccc3F)c3ccccc23)sc2c1CCCC2. The van der Waals surface area contributed by atoms with E-state index < -0.39 is 29.1 Å². The number of ether oxygens (including phenoxy) is 1. The lowest BCUT2D eigenvalue weighted by atomic mass is 9.95. The highest BCUT2D eigenvalue weighted by Crippen LogP contribution is 2.39. The van der Waals surface area contributed by atoms with Crippen molar-refractivity contribution in [3.63, 3.8) is 0 Å². The highest BCUT2D eigenvalue weighted by Gasteiger charge is 2.27. The Bertz CT molecular complexity index is 1590. The van der Waals surface area contributed by atoms with Gasteiger partial charge in [0.2, 0.25) is 5.91 Å². The molecule has 2 aromatic heterocycles. The van der Waals surface area contributed by atoms with E-state index >= 15 is 0 Å². The van der Waals surface area contributed by atoms with Crippen LogP contribution in [0.2, 0.25) is 0 Å². The number of amides is 2. The second kappa shape index (κ2) is 12.9. The third kappa shape index (κ3) is 6.31. The number of fused-ring (bicyclic) bond motifs is 2. The van der Waals surface area contributed by atoms with Gasteiger partial charge in [-0.05, 0) is 56.4 Å². The minimum absolute atomic E-state index is 0.127. The zero-order valence-electron chi connectivity index (χ0n) is 22.4. The summed E-state index contributed by atoms with van der Waals surface area (Å²) in [5.74, 6) is -3.15. The van der Waals surface area contributed by atoms with Gasteiger partial charge in [-0.25, -0.2) is 13.6 Å². The Kier molecular flexibility index (Phi) is 9.04. The van der Waals surface area contributed by atoms with E-state index in [1.54, 1.807) is 6.92 Å². The van der Waals surface area contributed by atoms with E-state index in [1.807, 2.05) is 35.0 Å². The Labute approximate surface area is 244 Å². The topological polar surface area (TPSA) is 89.4 Å². The number of anilines is 1. The number of para-hydroxylation sites is 1. The Morgan fingerprint density at radius 3 is 2.56 bits per heavy atom. The minimum Gasteiger partial charge on any atom is -0.462 e. The molecule has 7 nitrogen and oxygen atoms in total. The molecule has 4 aromatic rings. The second-order valence-electron chi connectivity index (χ2n) is 9.53. The number of thiophene rings is 1. The smallest absolute Gasteiger partial charge is 0.341 e. The third-order valence-corrected chi connectivity index (χ3v) is 9.09. The van der Waals surface area contributed by atoms with Gasteiger partial charge in [0.05, 0.1) is 17.9 Å². The number of rotatable bonds is 10. The average Bonchev–Trinajstić information content (AvgIpc) is 3.50. The molecule has 0 atom stereocenters. The number of nitrogens with zero attached hydrogens (tertiary/aromatic N) is 1. The fraction of sp³-hybridized carbons (Fsp3) is 0.300. The first kappa shape index (κ1) is 28.8. The number of hydrogen-bond acceptors (Lipinski definition) is 6. The number of aryl methyl sites for hydroxylation is 1. The van der Waals surface area contributed by atoms with Gasteiger partial charge in [0.15, 0.2) is 0 Å². The molecule has 5 rings (SSSR count). The predicted octanol–water partition coefficient (Wildman–Crippen LogP) is 6.20. The molecule has 0 bridgehead atoms. The van der Waals surface area contributed by atoms with Crippen molar-refractivity contribution < 1.29 is 27.9 Å². The largest absolute Gasteiger partial charge is 0.462 e. The van der Waals surface area contributed by atoms with E-state index in [0.29, 0.717) is 17.1 Å². The van der Waals surface area contributed by atoms with Gasteiger partial charge in [0, 0.05) is 40.0 Å². The number of hydrogen-bond donors (Lipinski definition) is 2. The maximum atomic E-state index is 13.9. The first-order valence-electron chi connectivity index (χ1n) is 13.4. The number of esters is 1. The van der Waals surface area contributed by atoms with E-state index in [0.717, 1.165) is 64.1 Å². The summed E-state index contributed by atoms with van der Waals surface area (Å²) in [6, 6.07) is 11.0. The van der Waals surface area contributed by atoms with Crippen molar-refractivity contribution in [2.24, 2.45) is 0 Å². The number of aromatic nitrogens is 1. The van der Waals surface area contributed by atoms with Crippen LogP contribution in [0.1, 0.15) is 50.9 Å². The summed E-state index contributed by atoms with van der Waals surface area (Å²) in [6.45, 7) is 2.54. The maximum absolute atomic E-state index is 13.9. The summed E-state index contributed by atoms with van der Waals surface area (Å²) in [5.41, 5.74) is 1.77. The number of carbonyl (C=O) groups excluding carboxylic acids is 3. The lowest BCUT2D eigenvalue weighted by molar-refractivity contribution is -0.113. The first-order chi connectivity index (χ1) is 19.9. The first-order valence-corrected chi connectivity index (χ1v) is 15.2. The summed E-state index contributed by atoms with van der Waals surface area (Å²) in [6.07, 6.45) is 5.66. The Balaban J connectivity index is 1.25. The van der Waals surface area contributed by atoms with Crippen molar-refractivity contribution >= 4 is 56.8 Å². The van der Waals surface area contributed by atoms with Gasteiger partial charge in [-0.1, -0.05) is 24.3 Å². The van der Waals surface area contributed by atoms with Gasteiger partial charge >= 0.3 is 5.97 Å². The molecule has 0 saturated heterocycles. The predicted molar refractivity (Wildman–Crippen MR) is 157 cm³/mol. The molecule has 2 heterocycles. The Morgan fingerprint density at radius 1 is 1.02 bits per heavy atom. The molecule has 1 aliphatic carbocycles. The van der Waals surface area contributed by atoms with E-state index in [2.05, 4.69) is 10.6 Å². The van der Waals surface area contributed by atoms with Crippen molar-refractivity contribution in [3.8, 4) is 0 Å². The molecule has 0 unspecified atom stereocenters. The molecule has 2 N–H and O–H groups in total. The number of halogens is 2. The lowest BCUT2D eigenvalue weighted by Gasteiger charge is -2.12. The number of thioether (sulfide) groups is 1. The van der Waals surface area contributed by atoms with Crippen LogP contribution in [-0.2, 0) is 28.9 Å². The third-order valence-electron chi connectivity index (χ3n) is 6.84. The van der Waals surface area contributed by atoms with E-state index in [1.165, 1.54) is 29.2 Å². The van der Waals surface area contributed by atoms with Gasteiger partial charge in [-0.3, -0.25) is 9.59 Å². The molecule has 2 amide bonds. The van der Waals surface area contributed by atoms with Gasteiger partial charge in [0.25, 0.3) is 5.91 Å². The second-order valence-corrected chi connectivity index (χ2v) is 11.7. The van der Waals surface area contributed by atoms with Crippen LogP contribution in [0.15, 0.2) is 53.6 Å². The molecule has 41 heavy (non-hydrogen) atoms. The summed E-state index contributed by atoms with van der Waals surface area (Å²) in [4.78, 5) is 40.1. The normalized spacial score (nSPS) is 12.7. The van der Waals surface area contributed by atoms with E-state index in [9.17, 15) is 23.2 Å². The average molecular weight is 598 g/mol. The van der Waals surface area contributed by atoms with Crippen LogP contribution in [0.3, 0.4) is 0 Å². The van der Waals surface area contributed by atoms with Crippen LogP contribution >= 0.6 is 23.1 Å². The molecule has 0 radical (unpaired) electrons. The van der Waals surface area contributed by atoms with E-state index in [-0.39, 0.29) is 24.8 Å². The summed E-state index contributed by atoms with van der Waals surface area (Å²) in [7, 11) is 0. The minimum atomic E-state index is -0.914. The van der Waals surface area contributed by atoms with Crippen molar-refractivity contribution in [3.05, 3.63) is 81.9 Å². The Morgan fingerprint density at radius 2 is 1.78 bits per heavy atom. The standard InChI is InChI=1S/C30H29F2N3O4S2/c1-2-39-30(38)26-19-9-4-6-13-23(19)41-29(26)34-25(36)17-40-24-16-35(22-12-5-3-8-18(22)24)15-14-33-28(37)27-20(31)10-7-11-21(27)32/h3,5,7-8,10-12,16H,2,4,6,9,13-15,17H2,1H3,(H,33,37)(H,34,36). The summed E-state index contributed by atoms with van der Waals surface area (Å²) in [5, 5.41) is 7.01. The molecule has 1 aliphatic rings. The van der Waals surface area contributed by atoms with Gasteiger partial charge in [0.1, 0.15) is 22.2 Å². The molecule has 0 saturated carbocycles. The van der Waals surface area contributed by atoms with Crippen LogP contribution in [0, 0.1) is 11.6 Å². The molecule has 0 fully saturated rings. The summed E-state index contributed by atoms with van der Waals surface area (Å²) < 4.78 is 35.1. The van der Waals surface area contributed by atoms with Crippen LogP contribution in [0.4, 0.5) is 13.8 Å². The highest BCUT2D eigenvalue weighted by molar-refractivity contribution is 8.00. The molecule has 2 aromatic carbocycles. The van der Waals surface area contributed by atoms with Crippen LogP contribution in [0.5, 0.6) is 0 Å². The fourth-order valence-electron chi connectivity index (χ4n) is 4.99. The summed E-state index contributed by atoms with van der Waals surface area (Å²) >= 11 is 2.82. The molecule has 11 heteroatoms. The van der Waals surface area contributed by atoms with Crippen LogP contribution < -0.4 is 10.6 Å². The van der Waals surface area contributed by atoms with Gasteiger partial charge in [-0.2, -0.15) is 0 Å². The van der Waals surface area contributed by atoms with Crippen molar-refractivity contribution in [2.45, 2.75) is 44.0 Å². The zero-order valence-corrected chi connectivity index (χ0v) is 24.1. The highest BCUT2D eigenvalue weighted by atomic mass is 32.2.